The van der Waals surface area contributed by atoms with Crippen LogP contribution in [-0.2, 0) is 17.8 Å². The van der Waals surface area contributed by atoms with Gasteiger partial charge < -0.3 is 30.5 Å². The molecule has 1 atom stereocenters. The summed E-state index contributed by atoms with van der Waals surface area (Å²) in [6.07, 6.45) is 3.20. The number of hydrogen-bond donors (Lipinski definition) is 4. The Kier molecular flexibility index (Phi) is 10.3. The summed E-state index contributed by atoms with van der Waals surface area (Å²) in [6.45, 7) is 9.88. The van der Waals surface area contributed by atoms with Gasteiger partial charge >= 0.3 is 0 Å². The molecule has 1 saturated heterocycles. The summed E-state index contributed by atoms with van der Waals surface area (Å²) >= 11 is 0. The number of aliphatic imine (C=N–C) groups is 1. The van der Waals surface area contributed by atoms with E-state index in [9.17, 15) is 19.8 Å². The quantitative estimate of drug-likeness (QED) is 0.236. The maximum absolute atomic E-state index is 12.8. The van der Waals surface area contributed by atoms with Gasteiger partial charge in [-0.15, -0.1) is 0 Å². The van der Waals surface area contributed by atoms with Crippen molar-refractivity contribution in [1.82, 2.24) is 25.1 Å². The topological polar surface area (TPSA) is 153 Å². The Labute approximate surface area is 240 Å². The van der Waals surface area contributed by atoms with Crippen molar-refractivity contribution in [2.75, 3.05) is 44.6 Å². The molecule has 1 fully saturated rings. The highest BCUT2D eigenvalue weighted by molar-refractivity contribution is 5.94. The molecule has 220 valence electrons. The van der Waals surface area contributed by atoms with Gasteiger partial charge in [0.05, 0.1) is 17.5 Å². The van der Waals surface area contributed by atoms with E-state index in [4.69, 9.17) is 4.74 Å². The van der Waals surface area contributed by atoms with E-state index in [0.29, 0.717) is 62.1 Å². The zero-order valence-electron chi connectivity index (χ0n) is 23.7. The van der Waals surface area contributed by atoms with E-state index in [-0.39, 0.29) is 36.8 Å². The van der Waals surface area contributed by atoms with Crippen molar-refractivity contribution in [3.63, 3.8) is 0 Å². The van der Waals surface area contributed by atoms with E-state index in [2.05, 4.69) is 37.2 Å². The third-order valence-electron chi connectivity index (χ3n) is 7.39. The molecule has 12 nitrogen and oxygen atoms in total. The van der Waals surface area contributed by atoms with E-state index in [1.165, 1.54) is 0 Å². The molecule has 0 radical (unpaired) electrons. The minimum Gasteiger partial charge on any atom is -0.507 e. The molecule has 4 rings (SSSR count). The van der Waals surface area contributed by atoms with Crippen LogP contribution in [-0.4, -0.2) is 100.0 Å². The van der Waals surface area contributed by atoms with Crippen LogP contribution in [0.4, 0.5) is 5.82 Å². The van der Waals surface area contributed by atoms with Gasteiger partial charge in [-0.2, -0.15) is 0 Å². The van der Waals surface area contributed by atoms with Crippen LogP contribution in [0, 0.1) is 0 Å². The zero-order chi connectivity index (χ0) is 29.4. The van der Waals surface area contributed by atoms with Crippen molar-refractivity contribution in [2.24, 2.45) is 4.99 Å². The molecule has 0 bridgehead atoms. The Hall–Kier alpha value is -4.03. The Morgan fingerprint density at radius 3 is 2.73 bits per heavy atom. The summed E-state index contributed by atoms with van der Waals surface area (Å²) in [5.41, 5.74) is 2.85. The third kappa shape index (κ3) is 8.48. The Morgan fingerprint density at radius 2 is 2.00 bits per heavy atom. The summed E-state index contributed by atoms with van der Waals surface area (Å²) in [4.78, 5) is 40.8. The molecule has 0 saturated carbocycles. The van der Waals surface area contributed by atoms with E-state index in [0.717, 1.165) is 24.1 Å². The lowest BCUT2D eigenvalue weighted by atomic mass is 10.0. The van der Waals surface area contributed by atoms with Gasteiger partial charge in [0.1, 0.15) is 12.4 Å². The number of amides is 2. The summed E-state index contributed by atoms with van der Waals surface area (Å²) in [5, 5.41) is 26.7. The molecule has 2 aliphatic rings. The predicted octanol–water partition coefficient (Wildman–Crippen LogP) is 1.92. The molecule has 4 N–H and O–H groups in total. The second kappa shape index (κ2) is 14.0. The predicted molar refractivity (Wildman–Crippen MR) is 155 cm³/mol. The normalized spacial score (nSPS) is 17.2. The number of hydrogen-bond acceptors (Lipinski definition) is 10. The molecule has 41 heavy (non-hydrogen) atoms. The number of aliphatic hydroxyl groups excluding tert-OH is 2. The first-order valence-corrected chi connectivity index (χ1v) is 13.9. The molecule has 0 aromatic carbocycles. The largest absolute Gasteiger partial charge is 0.507 e. The van der Waals surface area contributed by atoms with Gasteiger partial charge in [-0.1, -0.05) is 6.07 Å². The average molecular weight is 566 g/mol. The standard InChI is InChI=1S/C29H39N7O5/c1-19(30-3)26(39)18-41-28-5-4-22-16-35(11-9-25(22)34-28)17-24(38)15-32-29(40)21-6-10-31-27(14-21)33-23-7-12-36(13-8-23)20(2)37/h4-6,10,14,23-24,38-39H,3,7-9,11-13,15-18H2,1-2H3,(H,31,33)(H,32,40)/t24-/m0/s1. The number of rotatable bonds is 11. The lowest BCUT2D eigenvalue weighted by Gasteiger charge is -2.32. The smallest absolute Gasteiger partial charge is 0.251 e. The van der Waals surface area contributed by atoms with Gasteiger partial charge in [0.15, 0.2) is 5.76 Å². The lowest BCUT2D eigenvalue weighted by Crippen LogP contribution is -2.42. The van der Waals surface area contributed by atoms with Crippen LogP contribution in [0.3, 0.4) is 0 Å². The van der Waals surface area contributed by atoms with E-state index in [1.807, 2.05) is 11.0 Å². The number of piperidine rings is 1. The molecular formula is C29H39N7O5. The van der Waals surface area contributed by atoms with Gasteiger partial charge in [0.25, 0.3) is 5.91 Å². The van der Waals surface area contributed by atoms with Crippen molar-refractivity contribution >= 4 is 24.3 Å². The zero-order valence-corrected chi connectivity index (χ0v) is 23.7. The number of carbonyl (C=O) groups excluding carboxylic acids is 2. The lowest BCUT2D eigenvalue weighted by molar-refractivity contribution is -0.129. The number of anilines is 1. The van der Waals surface area contributed by atoms with Crippen LogP contribution < -0.4 is 15.4 Å². The van der Waals surface area contributed by atoms with Crippen LogP contribution in [0.1, 0.15) is 48.3 Å². The summed E-state index contributed by atoms with van der Waals surface area (Å²) in [6, 6.07) is 7.25. The molecule has 2 aromatic heterocycles. The number of nitrogens with zero attached hydrogens (tertiary/aromatic N) is 5. The van der Waals surface area contributed by atoms with Gasteiger partial charge in [0.2, 0.25) is 11.8 Å². The average Bonchev–Trinajstić information content (AvgIpc) is 2.98. The Balaban J connectivity index is 1.21. The highest BCUT2D eigenvalue weighted by Crippen LogP contribution is 2.21. The van der Waals surface area contributed by atoms with Crippen LogP contribution in [0.2, 0.25) is 0 Å². The number of fused-ring (bicyclic) bond motifs is 1. The number of β-amino-alcohol motifs (C(OH)–C–C–N with tert-alkyl or cyclic N) is 1. The molecular weight excluding hydrogens is 526 g/mol. The number of likely N-dealkylation sites (tertiary alicyclic amines) is 1. The number of ether oxygens (including phenoxy) is 1. The minimum atomic E-state index is -0.738. The van der Waals surface area contributed by atoms with Crippen molar-refractivity contribution in [3.8, 4) is 5.88 Å². The summed E-state index contributed by atoms with van der Waals surface area (Å²) in [7, 11) is 0. The number of allylic oxidation sites excluding steroid dienone is 1. The first kappa shape index (κ1) is 29.9. The Morgan fingerprint density at radius 1 is 1.22 bits per heavy atom. The number of aliphatic hydroxyl groups is 2. The number of nitrogens with one attached hydrogen (secondary N) is 2. The second-order valence-corrected chi connectivity index (χ2v) is 10.4. The minimum absolute atomic E-state index is 0.00974. The monoisotopic (exact) mass is 565 g/mol. The molecule has 0 spiro atoms. The fraction of sp³-hybridized carbons (Fsp3) is 0.483. The fourth-order valence-electron chi connectivity index (χ4n) is 4.90. The number of carbonyl (C=O) groups is 2. The molecule has 2 aliphatic heterocycles. The van der Waals surface area contributed by atoms with Gasteiger partial charge in [-0.3, -0.25) is 19.5 Å². The van der Waals surface area contributed by atoms with Crippen LogP contribution in [0.5, 0.6) is 5.88 Å². The van der Waals surface area contributed by atoms with Crippen molar-refractivity contribution < 1.29 is 24.5 Å². The molecule has 2 aromatic rings. The fourth-order valence-corrected chi connectivity index (χ4v) is 4.90. The maximum atomic E-state index is 12.8. The highest BCUT2D eigenvalue weighted by Gasteiger charge is 2.22. The SMILES string of the molecule is C=NC(C)=C(O)COc1ccc2c(n1)CCN(C[C@@H](O)CNC(=O)c1ccnc(NC3CCN(C(C)=O)CC3)c1)C2. The van der Waals surface area contributed by atoms with Gasteiger partial charge in [0, 0.05) is 76.5 Å². The molecule has 4 heterocycles. The van der Waals surface area contributed by atoms with Crippen molar-refractivity contribution in [2.45, 2.75) is 51.8 Å². The van der Waals surface area contributed by atoms with E-state index in [1.54, 1.807) is 38.2 Å². The number of aromatic nitrogens is 2. The van der Waals surface area contributed by atoms with Crippen LogP contribution in [0.25, 0.3) is 0 Å². The van der Waals surface area contributed by atoms with E-state index < -0.39 is 6.10 Å². The summed E-state index contributed by atoms with van der Waals surface area (Å²) in [5.74, 6) is 0.868. The van der Waals surface area contributed by atoms with Crippen LogP contribution >= 0.6 is 0 Å². The molecule has 0 aliphatic carbocycles. The van der Waals surface area contributed by atoms with Crippen molar-refractivity contribution in [1.29, 1.82) is 0 Å². The van der Waals surface area contributed by atoms with Crippen LogP contribution in [0.15, 0.2) is 46.9 Å². The first-order valence-electron chi connectivity index (χ1n) is 13.9. The van der Waals surface area contributed by atoms with E-state index >= 15 is 0 Å². The molecule has 2 amide bonds. The maximum Gasteiger partial charge on any atom is 0.251 e. The second-order valence-electron chi connectivity index (χ2n) is 10.4. The first-order chi connectivity index (χ1) is 19.7. The van der Waals surface area contributed by atoms with Gasteiger partial charge in [-0.25, -0.2) is 9.97 Å². The number of pyridine rings is 2. The molecule has 0 unspecified atom stereocenters. The molecule has 12 heteroatoms. The Bertz CT molecular complexity index is 1280. The third-order valence-corrected chi connectivity index (χ3v) is 7.39. The summed E-state index contributed by atoms with van der Waals surface area (Å²) < 4.78 is 5.57. The van der Waals surface area contributed by atoms with Crippen molar-refractivity contribution in [3.05, 3.63) is 58.7 Å². The van der Waals surface area contributed by atoms with Gasteiger partial charge in [-0.05, 0) is 44.2 Å². The highest BCUT2D eigenvalue weighted by atomic mass is 16.5.